The van der Waals surface area contributed by atoms with Crippen LogP contribution in [0.5, 0.6) is 0 Å². The Bertz CT molecular complexity index is 572. The summed E-state index contributed by atoms with van der Waals surface area (Å²) in [7, 11) is 0. The van der Waals surface area contributed by atoms with Gasteiger partial charge in [0.15, 0.2) is 5.13 Å². The maximum Gasteiger partial charge on any atom is 0.260 e. The molecule has 0 saturated heterocycles. The van der Waals surface area contributed by atoms with Crippen molar-refractivity contribution in [3.63, 3.8) is 0 Å². The van der Waals surface area contributed by atoms with Crippen molar-refractivity contribution in [1.82, 2.24) is 9.97 Å². The summed E-state index contributed by atoms with van der Waals surface area (Å²) in [6.45, 7) is 1.81. The number of halogens is 2. The third kappa shape index (κ3) is 3.02. The summed E-state index contributed by atoms with van der Waals surface area (Å²) in [4.78, 5) is 19.9. The average Bonchev–Trinajstić information content (AvgIpc) is 2.63. The smallest absolute Gasteiger partial charge is 0.260 e. The number of carbonyl (C=O) groups excluding carboxylic acids is 1. The number of hydrogen-bond acceptors (Lipinski definition) is 4. The van der Waals surface area contributed by atoms with Gasteiger partial charge >= 0.3 is 0 Å². The zero-order chi connectivity index (χ0) is 12.4. The monoisotopic (exact) mass is 331 g/mol. The van der Waals surface area contributed by atoms with Crippen LogP contribution in [0.1, 0.15) is 16.1 Å². The maximum absolute atomic E-state index is 11.9. The van der Waals surface area contributed by atoms with Crippen LogP contribution >= 0.6 is 38.9 Å². The minimum absolute atomic E-state index is 0.315. The van der Waals surface area contributed by atoms with Gasteiger partial charge in [-0.25, -0.2) is 4.98 Å². The van der Waals surface area contributed by atoms with E-state index >= 15 is 0 Å². The van der Waals surface area contributed by atoms with E-state index in [4.69, 9.17) is 11.6 Å². The molecule has 0 atom stereocenters. The van der Waals surface area contributed by atoms with Crippen molar-refractivity contribution in [2.75, 3.05) is 5.32 Å². The van der Waals surface area contributed by atoms with E-state index in [0.717, 1.165) is 9.48 Å². The molecule has 0 unspecified atom stereocenters. The second-order valence-corrected chi connectivity index (χ2v) is 6.05. The lowest BCUT2D eigenvalue weighted by molar-refractivity contribution is 0.102. The Balaban J connectivity index is 2.20. The summed E-state index contributed by atoms with van der Waals surface area (Å²) < 4.78 is 0.848. The van der Waals surface area contributed by atoms with E-state index < -0.39 is 0 Å². The van der Waals surface area contributed by atoms with Gasteiger partial charge < -0.3 is 0 Å². The van der Waals surface area contributed by atoms with Crippen LogP contribution in [0.25, 0.3) is 0 Å². The second-order valence-electron chi connectivity index (χ2n) is 3.23. The highest BCUT2D eigenvalue weighted by Crippen LogP contribution is 2.24. The van der Waals surface area contributed by atoms with Gasteiger partial charge in [0.1, 0.15) is 0 Å². The van der Waals surface area contributed by atoms with E-state index in [0.29, 0.717) is 15.7 Å². The average molecular weight is 333 g/mol. The Hall–Kier alpha value is -0.980. The molecule has 0 aliphatic carbocycles. The van der Waals surface area contributed by atoms with Gasteiger partial charge in [-0.3, -0.25) is 15.1 Å². The number of nitrogens with zero attached hydrogens (tertiary/aromatic N) is 2. The van der Waals surface area contributed by atoms with Gasteiger partial charge in [-0.2, -0.15) is 0 Å². The van der Waals surface area contributed by atoms with Crippen molar-refractivity contribution in [2.45, 2.75) is 6.92 Å². The van der Waals surface area contributed by atoms with Gasteiger partial charge in [-0.05, 0) is 28.9 Å². The summed E-state index contributed by atoms with van der Waals surface area (Å²) in [5.41, 5.74) is 1.10. The van der Waals surface area contributed by atoms with Crippen molar-refractivity contribution in [1.29, 1.82) is 0 Å². The molecule has 2 aromatic rings. The number of nitrogens with one attached hydrogen (secondary N) is 1. The number of pyridine rings is 1. The van der Waals surface area contributed by atoms with Crippen LogP contribution in [-0.2, 0) is 0 Å². The lowest BCUT2D eigenvalue weighted by atomic mass is 10.2. The number of aromatic nitrogens is 2. The fraction of sp³-hybridized carbons (Fsp3) is 0.100. The number of rotatable bonds is 2. The Morgan fingerprint density at radius 2 is 2.24 bits per heavy atom. The molecule has 2 aromatic heterocycles. The van der Waals surface area contributed by atoms with Crippen molar-refractivity contribution in [3.05, 3.63) is 38.5 Å². The predicted octanol–water partition coefficient (Wildman–Crippen LogP) is 3.51. The lowest BCUT2D eigenvalue weighted by Crippen LogP contribution is -2.12. The van der Waals surface area contributed by atoms with Crippen LogP contribution in [0.4, 0.5) is 5.13 Å². The third-order valence-corrected chi connectivity index (χ3v) is 3.64. The summed E-state index contributed by atoms with van der Waals surface area (Å²) >= 11 is 10.6. The molecule has 0 fully saturated rings. The molecule has 2 heterocycles. The molecule has 2 rings (SSSR count). The van der Waals surface area contributed by atoms with Gasteiger partial charge in [0.25, 0.3) is 5.91 Å². The first kappa shape index (κ1) is 12.5. The molecule has 17 heavy (non-hydrogen) atoms. The number of carbonyl (C=O) groups is 1. The fourth-order valence-electron chi connectivity index (χ4n) is 1.17. The highest BCUT2D eigenvalue weighted by atomic mass is 79.9. The molecule has 0 spiro atoms. The summed E-state index contributed by atoms with van der Waals surface area (Å²) in [6, 6.07) is 1.65. The molecular weight excluding hydrogens is 326 g/mol. The number of amides is 1. The van der Waals surface area contributed by atoms with E-state index in [9.17, 15) is 4.79 Å². The second kappa shape index (κ2) is 5.12. The molecule has 88 valence electrons. The summed E-state index contributed by atoms with van der Waals surface area (Å²) in [5.74, 6) is -0.315. The van der Waals surface area contributed by atoms with Crippen LogP contribution in [0.15, 0.2) is 22.2 Å². The van der Waals surface area contributed by atoms with E-state index in [1.165, 1.54) is 17.5 Å². The van der Waals surface area contributed by atoms with E-state index in [1.54, 1.807) is 12.3 Å². The summed E-state index contributed by atoms with van der Waals surface area (Å²) in [5, 5.41) is 3.55. The first-order chi connectivity index (χ1) is 8.06. The highest BCUT2D eigenvalue weighted by Gasteiger charge is 2.12. The molecule has 0 radical (unpaired) electrons. The largest absolute Gasteiger partial charge is 0.298 e. The SMILES string of the molecule is Cc1cc(Cl)c(C(=O)Nc2ncc(Br)s2)cn1. The van der Waals surface area contributed by atoms with Gasteiger partial charge in [0.05, 0.1) is 20.6 Å². The van der Waals surface area contributed by atoms with Gasteiger partial charge in [-0.1, -0.05) is 22.9 Å². The topological polar surface area (TPSA) is 54.9 Å². The number of hydrogen-bond donors (Lipinski definition) is 1. The molecule has 0 saturated carbocycles. The van der Waals surface area contributed by atoms with Crippen LogP contribution in [0.2, 0.25) is 5.02 Å². The van der Waals surface area contributed by atoms with E-state index in [-0.39, 0.29) is 5.91 Å². The zero-order valence-corrected chi connectivity index (χ0v) is 11.9. The molecular formula is C10H7BrClN3OS. The Morgan fingerprint density at radius 3 is 2.82 bits per heavy atom. The van der Waals surface area contributed by atoms with Crippen molar-refractivity contribution in [2.24, 2.45) is 0 Å². The van der Waals surface area contributed by atoms with Gasteiger partial charge in [-0.15, -0.1) is 0 Å². The molecule has 1 N–H and O–H groups in total. The van der Waals surface area contributed by atoms with Crippen LogP contribution < -0.4 is 5.32 Å². The zero-order valence-electron chi connectivity index (χ0n) is 8.70. The number of aryl methyl sites for hydroxylation is 1. The molecule has 0 aliphatic rings. The van der Waals surface area contributed by atoms with Crippen molar-refractivity contribution in [3.8, 4) is 0 Å². The fourth-order valence-corrected chi connectivity index (χ4v) is 2.56. The lowest BCUT2D eigenvalue weighted by Gasteiger charge is -2.03. The molecule has 7 heteroatoms. The highest BCUT2D eigenvalue weighted by molar-refractivity contribution is 9.11. The molecule has 4 nitrogen and oxygen atoms in total. The van der Waals surface area contributed by atoms with E-state index in [2.05, 4.69) is 31.2 Å². The van der Waals surface area contributed by atoms with Crippen LogP contribution in [0, 0.1) is 6.92 Å². The minimum Gasteiger partial charge on any atom is -0.298 e. The quantitative estimate of drug-likeness (QED) is 0.915. The Labute approximate surface area is 115 Å². The minimum atomic E-state index is -0.315. The number of anilines is 1. The van der Waals surface area contributed by atoms with Gasteiger partial charge in [0.2, 0.25) is 0 Å². The first-order valence-corrected chi connectivity index (χ1v) is 6.60. The molecule has 0 aliphatic heterocycles. The Kier molecular flexibility index (Phi) is 3.76. The van der Waals surface area contributed by atoms with Crippen LogP contribution in [0.3, 0.4) is 0 Å². The molecule has 0 aromatic carbocycles. The first-order valence-electron chi connectivity index (χ1n) is 4.61. The van der Waals surface area contributed by atoms with Crippen LogP contribution in [-0.4, -0.2) is 15.9 Å². The van der Waals surface area contributed by atoms with Crippen molar-refractivity contribution < 1.29 is 4.79 Å². The van der Waals surface area contributed by atoms with Crippen molar-refractivity contribution >= 4 is 49.9 Å². The normalized spacial score (nSPS) is 10.3. The predicted molar refractivity (Wildman–Crippen MR) is 71.8 cm³/mol. The standard InChI is InChI=1S/C10H7BrClN3OS/c1-5-2-7(12)6(3-13-5)9(16)15-10-14-4-8(11)17-10/h2-4H,1H3,(H,14,15,16). The van der Waals surface area contributed by atoms with Gasteiger partial charge in [0, 0.05) is 11.9 Å². The number of thiazole rings is 1. The summed E-state index contributed by atoms with van der Waals surface area (Å²) in [6.07, 6.45) is 3.07. The van der Waals surface area contributed by atoms with E-state index in [1.807, 2.05) is 6.92 Å². The molecule has 0 bridgehead atoms. The Morgan fingerprint density at radius 1 is 1.47 bits per heavy atom. The molecule has 1 amide bonds. The third-order valence-electron chi connectivity index (χ3n) is 1.93. The maximum atomic E-state index is 11.9.